The van der Waals surface area contributed by atoms with Gasteiger partial charge in [-0.05, 0) is 56.7 Å². The Bertz CT molecular complexity index is 757. The molecule has 0 saturated heterocycles. The van der Waals surface area contributed by atoms with Gasteiger partial charge in [-0.3, -0.25) is 4.79 Å². The van der Waals surface area contributed by atoms with Crippen LogP contribution in [0.15, 0.2) is 53.5 Å². The third kappa shape index (κ3) is 3.11. The van der Waals surface area contributed by atoms with Crippen molar-refractivity contribution in [1.82, 2.24) is 25.2 Å². The van der Waals surface area contributed by atoms with Crippen LogP contribution >= 0.6 is 15.9 Å². The number of anilines is 1. The fourth-order valence-electron chi connectivity index (χ4n) is 1.72. The normalized spacial score (nSPS) is 10.3. The van der Waals surface area contributed by atoms with Crippen molar-refractivity contribution in [2.24, 2.45) is 0 Å². The number of carbonyl (C=O) groups is 1. The zero-order chi connectivity index (χ0) is 14.7. The average Bonchev–Trinajstić information content (AvgIpc) is 3.02. The van der Waals surface area contributed by atoms with Crippen LogP contribution in [-0.4, -0.2) is 31.1 Å². The van der Waals surface area contributed by atoms with Crippen LogP contribution in [0.4, 0.5) is 5.69 Å². The van der Waals surface area contributed by atoms with E-state index in [1.165, 1.54) is 17.2 Å². The third-order valence-electron chi connectivity index (χ3n) is 2.71. The maximum Gasteiger partial charge on any atom is 0.257 e. The van der Waals surface area contributed by atoms with E-state index in [0.717, 1.165) is 5.69 Å². The minimum absolute atomic E-state index is 0.233. The predicted molar refractivity (Wildman–Crippen MR) is 79.0 cm³/mol. The molecule has 1 aromatic carbocycles. The summed E-state index contributed by atoms with van der Waals surface area (Å²) >= 11 is 3.23. The molecular formula is C13H9BrN6O. The smallest absolute Gasteiger partial charge is 0.257 e. The molecule has 0 radical (unpaired) electrons. The fourth-order valence-corrected chi connectivity index (χ4v) is 1.95. The molecule has 0 fully saturated rings. The highest BCUT2D eigenvalue weighted by molar-refractivity contribution is 9.10. The lowest BCUT2D eigenvalue weighted by molar-refractivity contribution is 0.102. The summed E-state index contributed by atoms with van der Waals surface area (Å²) in [7, 11) is 0. The highest BCUT2D eigenvalue weighted by atomic mass is 79.9. The van der Waals surface area contributed by atoms with Gasteiger partial charge in [-0.15, -0.1) is 5.10 Å². The summed E-state index contributed by atoms with van der Waals surface area (Å²) in [5.74, 6) is -0.233. The van der Waals surface area contributed by atoms with Crippen molar-refractivity contribution >= 4 is 27.5 Å². The molecule has 0 saturated carbocycles. The molecule has 1 amide bonds. The van der Waals surface area contributed by atoms with Gasteiger partial charge in [0.15, 0.2) is 0 Å². The molecule has 8 heteroatoms. The number of rotatable bonds is 3. The van der Waals surface area contributed by atoms with Gasteiger partial charge >= 0.3 is 0 Å². The second kappa shape index (κ2) is 5.80. The standard InChI is InChI=1S/C13H9BrN6O/c14-12-5-4-9(7-15-12)13(21)17-10-2-1-3-11(6-10)20-8-16-18-19-20/h1-8H,(H,17,21). The van der Waals surface area contributed by atoms with Crippen LogP contribution in [0.5, 0.6) is 0 Å². The van der Waals surface area contributed by atoms with Crippen molar-refractivity contribution in [2.45, 2.75) is 0 Å². The molecule has 0 bridgehead atoms. The number of carbonyl (C=O) groups excluding carboxylic acids is 1. The maximum absolute atomic E-state index is 12.1. The Morgan fingerprint density at radius 3 is 2.86 bits per heavy atom. The first-order chi connectivity index (χ1) is 10.2. The number of halogens is 1. The number of nitrogens with zero attached hydrogens (tertiary/aromatic N) is 5. The van der Waals surface area contributed by atoms with E-state index < -0.39 is 0 Å². The van der Waals surface area contributed by atoms with E-state index in [2.05, 4.69) is 41.8 Å². The van der Waals surface area contributed by atoms with Gasteiger partial charge in [0.25, 0.3) is 5.91 Å². The van der Waals surface area contributed by atoms with Gasteiger partial charge in [-0.2, -0.15) is 0 Å². The topological polar surface area (TPSA) is 85.6 Å². The molecule has 1 N–H and O–H groups in total. The summed E-state index contributed by atoms with van der Waals surface area (Å²) in [4.78, 5) is 16.1. The van der Waals surface area contributed by atoms with Crippen molar-refractivity contribution in [3.8, 4) is 5.69 Å². The lowest BCUT2D eigenvalue weighted by Crippen LogP contribution is -2.12. The highest BCUT2D eigenvalue weighted by Crippen LogP contribution is 2.15. The molecule has 3 aromatic rings. The molecular weight excluding hydrogens is 336 g/mol. The zero-order valence-corrected chi connectivity index (χ0v) is 12.2. The van der Waals surface area contributed by atoms with Gasteiger partial charge in [0.2, 0.25) is 0 Å². The third-order valence-corrected chi connectivity index (χ3v) is 3.18. The maximum atomic E-state index is 12.1. The number of amides is 1. The minimum atomic E-state index is -0.233. The van der Waals surface area contributed by atoms with Crippen molar-refractivity contribution in [3.05, 3.63) is 59.1 Å². The number of tetrazole rings is 1. The Balaban J connectivity index is 1.80. The molecule has 0 atom stereocenters. The first kappa shape index (κ1) is 13.4. The van der Waals surface area contributed by atoms with Crippen LogP contribution in [0.3, 0.4) is 0 Å². The molecule has 0 aliphatic heterocycles. The average molecular weight is 345 g/mol. The van der Waals surface area contributed by atoms with E-state index in [1.54, 1.807) is 24.3 Å². The largest absolute Gasteiger partial charge is 0.322 e. The zero-order valence-electron chi connectivity index (χ0n) is 10.6. The Morgan fingerprint density at radius 2 is 2.14 bits per heavy atom. The molecule has 3 rings (SSSR count). The first-order valence-electron chi connectivity index (χ1n) is 5.99. The Morgan fingerprint density at radius 1 is 1.24 bits per heavy atom. The summed E-state index contributed by atoms with van der Waals surface area (Å²) in [5, 5.41) is 13.8. The van der Waals surface area contributed by atoms with Crippen LogP contribution in [0.1, 0.15) is 10.4 Å². The number of hydrogen-bond acceptors (Lipinski definition) is 5. The Hall–Kier alpha value is -2.61. The molecule has 2 aromatic heterocycles. The van der Waals surface area contributed by atoms with Crippen LogP contribution in [0.2, 0.25) is 0 Å². The van der Waals surface area contributed by atoms with E-state index in [1.807, 2.05) is 12.1 Å². The molecule has 2 heterocycles. The summed E-state index contributed by atoms with van der Waals surface area (Å²) in [6.45, 7) is 0. The van der Waals surface area contributed by atoms with E-state index in [0.29, 0.717) is 15.9 Å². The molecule has 104 valence electrons. The predicted octanol–water partition coefficient (Wildman–Crippen LogP) is 2.07. The Kier molecular flexibility index (Phi) is 3.69. The second-order valence-electron chi connectivity index (χ2n) is 4.13. The van der Waals surface area contributed by atoms with E-state index in [9.17, 15) is 4.79 Å². The highest BCUT2D eigenvalue weighted by Gasteiger charge is 2.07. The summed E-state index contributed by atoms with van der Waals surface area (Å²) in [5.41, 5.74) is 1.88. The van der Waals surface area contributed by atoms with Crippen molar-refractivity contribution in [1.29, 1.82) is 0 Å². The SMILES string of the molecule is O=C(Nc1cccc(-n2cnnn2)c1)c1ccc(Br)nc1. The van der Waals surface area contributed by atoms with Crippen molar-refractivity contribution < 1.29 is 4.79 Å². The van der Waals surface area contributed by atoms with E-state index >= 15 is 0 Å². The van der Waals surface area contributed by atoms with Crippen molar-refractivity contribution in [2.75, 3.05) is 5.32 Å². The number of benzene rings is 1. The summed E-state index contributed by atoms with van der Waals surface area (Å²) < 4.78 is 2.19. The molecule has 0 aliphatic rings. The number of hydrogen-bond donors (Lipinski definition) is 1. The molecule has 0 unspecified atom stereocenters. The molecule has 0 aliphatic carbocycles. The van der Waals surface area contributed by atoms with Gasteiger partial charge in [0.1, 0.15) is 10.9 Å². The van der Waals surface area contributed by atoms with Crippen molar-refractivity contribution in [3.63, 3.8) is 0 Å². The first-order valence-corrected chi connectivity index (χ1v) is 6.78. The van der Waals surface area contributed by atoms with Crippen LogP contribution in [0, 0.1) is 0 Å². The van der Waals surface area contributed by atoms with E-state index in [-0.39, 0.29) is 5.91 Å². The molecule has 0 spiro atoms. The van der Waals surface area contributed by atoms with Crippen LogP contribution in [-0.2, 0) is 0 Å². The van der Waals surface area contributed by atoms with Gasteiger partial charge in [0, 0.05) is 11.9 Å². The van der Waals surface area contributed by atoms with Gasteiger partial charge in [-0.1, -0.05) is 6.07 Å². The number of pyridine rings is 1. The molecule has 7 nitrogen and oxygen atoms in total. The van der Waals surface area contributed by atoms with Gasteiger partial charge in [-0.25, -0.2) is 9.67 Å². The second-order valence-corrected chi connectivity index (χ2v) is 4.94. The molecule has 21 heavy (non-hydrogen) atoms. The van der Waals surface area contributed by atoms with Gasteiger partial charge < -0.3 is 5.32 Å². The van der Waals surface area contributed by atoms with Crippen LogP contribution < -0.4 is 5.32 Å². The summed E-state index contributed by atoms with van der Waals surface area (Å²) in [6.07, 6.45) is 2.99. The fraction of sp³-hybridized carbons (Fsp3) is 0. The van der Waals surface area contributed by atoms with Crippen LogP contribution in [0.25, 0.3) is 5.69 Å². The Labute approximate surface area is 128 Å². The lowest BCUT2D eigenvalue weighted by Gasteiger charge is -2.07. The van der Waals surface area contributed by atoms with Gasteiger partial charge in [0.05, 0.1) is 11.3 Å². The summed E-state index contributed by atoms with van der Waals surface area (Å²) in [6, 6.07) is 10.6. The van der Waals surface area contributed by atoms with E-state index in [4.69, 9.17) is 0 Å². The number of nitrogens with one attached hydrogen (secondary N) is 1. The minimum Gasteiger partial charge on any atom is -0.322 e. The lowest BCUT2D eigenvalue weighted by atomic mass is 10.2. The quantitative estimate of drug-likeness (QED) is 0.735. The monoisotopic (exact) mass is 344 g/mol. The number of aromatic nitrogens is 5.